The number of hydrogen-bond acceptors (Lipinski definition) is 5. The first-order chi connectivity index (χ1) is 15.6. The number of carbonyl (C=O) groups is 1. The van der Waals surface area contributed by atoms with E-state index in [2.05, 4.69) is 16.6 Å². The summed E-state index contributed by atoms with van der Waals surface area (Å²) in [6.45, 7) is 12.2. The molecule has 4 rings (SSSR count). The van der Waals surface area contributed by atoms with Gasteiger partial charge in [-0.15, -0.1) is 0 Å². The van der Waals surface area contributed by atoms with Crippen molar-refractivity contribution in [1.82, 2.24) is 18.7 Å². The number of Topliss-reactive ketones (excluding diaryl/α,β-unsaturated/α-hetero) is 1. The summed E-state index contributed by atoms with van der Waals surface area (Å²) in [5.74, 6) is 0.473. The normalized spacial score (nSPS) is 20.6. The SMILES string of the molecule is Cc1nn(CC(=O)c2cc(C)n(C[C@H]3CCCO3)c2C)c(C)c1S(=O)(=O)N1CCC(C)CC1. The highest BCUT2D eigenvalue weighted by molar-refractivity contribution is 7.89. The molecule has 2 saturated heterocycles. The Balaban J connectivity index is 1.55. The van der Waals surface area contributed by atoms with E-state index >= 15 is 0 Å². The zero-order chi connectivity index (χ0) is 23.9. The van der Waals surface area contributed by atoms with E-state index in [9.17, 15) is 13.2 Å². The topological polar surface area (TPSA) is 86.4 Å². The van der Waals surface area contributed by atoms with Crippen molar-refractivity contribution in [2.24, 2.45) is 5.92 Å². The van der Waals surface area contributed by atoms with Crippen LogP contribution in [0.4, 0.5) is 0 Å². The highest BCUT2D eigenvalue weighted by Gasteiger charge is 2.33. The molecule has 0 N–H and O–H groups in total. The van der Waals surface area contributed by atoms with E-state index in [1.54, 1.807) is 22.8 Å². The molecule has 2 aromatic rings. The summed E-state index contributed by atoms with van der Waals surface area (Å²) in [5.41, 5.74) is 3.58. The largest absolute Gasteiger partial charge is 0.376 e. The second-order valence-corrected chi connectivity index (χ2v) is 11.6. The lowest BCUT2D eigenvalue weighted by Gasteiger charge is -2.29. The van der Waals surface area contributed by atoms with Gasteiger partial charge >= 0.3 is 0 Å². The lowest BCUT2D eigenvalue weighted by atomic mass is 10.0. The van der Waals surface area contributed by atoms with E-state index in [0.29, 0.717) is 36.0 Å². The van der Waals surface area contributed by atoms with Crippen LogP contribution in [0.3, 0.4) is 0 Å². The van der Waals surface area contributed by atoms with Crippen molar-refractivity contribution in [3.63, 3.8) is 0 Å². The highest BCUT2D eigenvalue weighted by atomic mass is 32.2. The molecule has 0 unspecified atom stereocenters. The minimum absolute atomic E-state index is 0.0173. The molecule has 2 aliphatic rings. The molecule has 8 nitrogen and oxygen atoms in total. The molecule has 9 heteroatoms. The number of nitrogens with zero attached hydrogens (tertiary/aromatic N) is 4. The fourth-order valence-corrected chi connectivity index (χ4v) is 6.98. The molecule has 0 radical (unpaired) electrons. The standard InChI is InChI=1S/C24H36N4O4S/c1-16-8-10-26(11-9-16)33(30,31)24-18(3)25-28(20(24)5)15-23(29)22-13-17(2)27(19(22)4)14-21-7-6-12-32-21/h13,16,21H,6-12,14-15H2,1-5H3/t21-/m1/s1. The smallest absolute Gasteiger partial charge is 0.246 e. The van der Waals surface area contributed by atoms with E-state index in [0.717, 1.165) is 50.2 Å². The maximum absolute atomic E-state index is 13.3. The van der Waals surface area contributed by atoms with E-state index in [1.807, 2.05) is 19.9 Å². The first-order valence-electron chi connectivity index (χ1n) is 11.9. The Hall–Kier alpha value is -1.97. The molecule has 0 spiro atoms. The Labute approximate surface area is 197 Å². The number of ketones is 1. The molecule has 4 heterocycles. The van der Waals surface area contributed by atoms with Crippen molar-refractivity contribution in [2.45, 2.75) is 84.4 Å². The fourth-order valence-electron chi connectivity index (χ4n) is 5.14. The molecule has 2 fully saturated rings. The van der Waals surface area contributed by atoms with E-state index < -0.39 is 10.0 Å². The number of ether oxygens (including phenoxy) is 1. The third-order valence-electron chi connectivity index (χ3n) is 7.23. The van der Waals surface area contributed by atoms with Crippen LogP contribution in [0, 0.1) is 33.6 Å². The lowest BCUT2D eigenvalue weighted by molar-refractivity contribution is 0.0946. The van der Waals surface area contributed by atoms with Crippen molar-refractivity contribution in [3.8, 4) is 0 Å². The van der Waals surface area contributed by atoms with Crippen molar-refractivity contribution in [1.29, 1.82) is 0 Å². The molecule has 2 aromatic heterocycles. The van der Waals surface area contributed by atoms with E-state index in [1.165, 1.54) is 0 Å². The third kappa shape index (κ3) is 4.68. The molecular formula is C24H36N4O4S. The summed E-state index contributed by atoms with van der Waals surface area (Å²) >= 11 is 0. The number of carbonyl (C=O) groups excluding carboxylic acids is 1. The molecule has 0 bridgehead atoms. The van der Waals surface area contributed by atoms with Crippen LogP contribution in [0.1, 0.15) is 65.7 Å². The molecule has 0 aliphatic carbocycles. The van der Waals surface area contributed by atoms with Gasteiger partial charge in [0, 0.05) is 43.2 Å². The number of piperidine rings is 1. The van der Waals surface area contributed by atoms with Gasteiger partial charge in [-0.1, -0.05) is 6.92 Å². The van der Waals surface area contributed by atoms with Crippen LogP contribution in [-0.2, 0) is 27.8 Å². The Morgan fingerprint density at radius 1 is 1.12 bits per heavy atom. The average molecular weight is 477 g/mol. The quantitative estimate of drug-likeness (QED) is 0.572. The van der Waals surface area contributed by atoms with E-state index in [-0.39, 0.29) is 23.3 Å². The number of aryl methyl sites for hydroxylation is 2. The Morgan fingerprint density at radius 2 is 1.82 bits per heavy atom. The highest BCUT2D eigenvalue weighted by Crippen LogP contribution is 2.28. The Bertz CT molecular complexity index is 1130. The van der Waals surface area contributed by atoms with Gasteiger partial charge in [0.05, 0.1) is 17.5 Å². The van der Waals surface area contributed by atoms with Crippen LogP contribution in [-0.4, -0.2) is 58.7 Å². The average Bonchev–Trinajstić information content (AvgIpc) is 3.44. The van der Waals surface area contributed by atoms with Crippen molar-refractivity contribution < 1.29 is 17.9 Å². The fraction of sp³-hybridized carbons (Fsp3) is 0.667. The Morgan fingerprint density at radius 3 is 2.45 bits per heavy atom. The molecule has 182 valence electrons. The van der Waals surface area contributed by atoms with Gasteiger partial charge in [0.1, 0.15) is 11.4 Å². The van der Waals surface area contributed by atoms with Crippen LogP contribution in [0.5, 0.6) is 0 Å². The predicted molar refractivity (Wildman–Crippen MR) is 126 cm³/mol. The number of rotatable bonds is 7. The molecule has 1 atom stereocenters. The van der Waals surface area contributed by atoms with Gasteiger partial charge < -0.3 is 9.30 Å². The van der Waals surface area contributed by atoms with Crippen LogP contribution < -0.4 is 0 Å². The van der Waals surface area contributed by atoms with Gasteiger partial charge in [0.15, 0.2) is 5.78 Å². The molecule has 0 amide bonds. The second kappa shape index (κ2) is 9.35. The van der Waals surface area contributed by atoms with Crippen LogP contribution >= 0.6 is 0 Å². The van der Waals surface area contributed by atoms with Gasteiger partial charge in [-0.2, -0.15) is 9.40 Å². The van der Waals surface area contributed by atoms with Crippen LogP contribution in [0.15, 0.2) is 11.0 Å². The number of sulfonamides is 1. The van der Waals surface area contributed by atoms with Crippen molar-refractivity contribution >= 4 is 15.8 Å². The minimum Gasteiger partial charge on any atom is -0.376 e. The lowest BCUT2D eigenvalue weighted by Crippen LogP contribution is -2.38. The maximum Gasteiger partial charge on any atom is 0.246 e. The zero-order valence-electron chi connectivity index (χ0n) is 20.4. The summed E-state index contributed by atoms with van der Waals surface area (Å²) in [7, 11) is -3.63. The molecule has 0 saturated carbocycles. The number of hydrogen-bond donors (Lipinski definition) is 0. The Kier molecular flexibility index (Phi) is 6.85. The van der Waals surface area contributed by atoms with Gasteiger partial charge in [-0.05, 0) is 65.4 Å². The maximum atomic E-state index is 13.3. The van der Waals surface area contributed by atoms with Gasteiger partial charge in [0.25, 0.3) is 0 Å². The summed E-state index contributed by atoms with van der Waals surface area (Å²) in [6, 6.07) is 1.92. The van der Waals surface area contributed by atoms with Gasteiger partial charge in [-0.25, -0.2) is 8.42 Å². The molecule has 2 aliphatic heterocycles. The van der Waals surface area contributed by atoms with E-state index in [4.69, 9.17) is 4.74 Å². The van der Waals surface area contributed by atoms with Gasteiger partial charge in [-0.3, -0.25) is 9.48 Å². The summed E-state index contributed by atoms with van der Waals surface area (Å²) in [4.78, 5) is 13.5. The van der Waals surface area contributed by atoms with Gasteiger partial charge in [0.2, 0.25) is 10.0 Å². The second-order valence-electron chi connectivity index (χ2n) is 9.70. The minimum atomic E-state index is -3.63. The monoisotopic (exact) mass is 476 g/mol. The molecular weight excluding hydrogens is 440 g/mol. The van der Waals surface area contributed by atoms with Crippen molar-refractivity contribution in [2.75, 3.05) is 19.7 Å². The molecule has 33 heavy (non-hydrogen) atoms. The predicted octanol–water partition coefficient (Wildman–Crippen LogP) is 3.40. The zero-order valence-corrected chi connectivity index (χ0v) is 21.2. The molecule has 0 aromatic carbocycles. The first kappa shape index (κ1) is 24.2. The summed E-state index contributed by atoms with van der Waals surface area (Å²) in [6.07, 6.45) is 4.05. The van der Waals surface area contributed by atoms with Crippen LogP contribution in [0.25, 0.3) is 0 Å². The van der Waals surface area contributed by atoms with Crippen molar-refractivity contribution in [3.05, 3.63) is 34.4 Å². The summed E-state index contributed by atoms with van der Waals surface area (Å²) < 4.78 is 37.7. The number of aromatic nitrogens is 3. The first-order valence-corrected chi connectivity index (χ1v) is 13.4. The summed E-state index contributed by atoms with van der Waals surface area (Å²) in [5, 5.41) is 4.46. The van der Waals surface area contributed by atoms with Crippen LogP contribution in [0.2, 0.25) is 0 Å². The third-order valence-corrected chi connectivity index (χ3v) is 9.38.